The smallest absolute Gasteiger partial charge is 0.123 e. The SMILES string of the molecule is CN(Cc1ccc(CNC2CC2)s1)c1ccc(F)cc1. The molecule has 2 aromatic rings. The summed E-state index contributed by atoms with van der Waals surface area (Å²) in [6.45, 7) is 1.84. The molecule has 1 aromatic heterocycles. The molecule has 0 unspecified atom stereocenters. The Kier molecular flexibility index (Phi) is 4.03. The maximum absolute atomic E-state index is 12.9. The van der Waals surface area contributed by atoms with Crippen molar-refractivity contribution in [2.75, 3.05) is 11.9 Å². The van der Waals surface area contributed by atoms with Crippen LogP contribution in [-0.2, 0) is 13.1 Å². The minimum absolute atomic E-state index is 0.188. The van der Waals surface area contributed by atoms with Gasteiger partial charge in [-0.15, -0.1) is 11.3 Å². The summed E-state index contributed by atoms with van der Waals surface area (Å²) in [7, 11) is 2.04. The van der Waals surface area contributed by atoms with E-state index in [0.717, 1.165) is 24.8 Å². The zero-order valence-electron chi connectivity index (χ0n) is 11.6. The van der Waals surface area contributed by atoms with Gasteiger partial charge < -0.3 is 10.2 Å². The van der Waals surface area contributed by atoms with Crippen LogP contribution < -0.4 is 10.2 Å². The van der Waals surface area contributed by atoms with Crippen LogP contribution in [0.5, 0.6) is 0 Å². The molecule has 1 aliphatic carbocycles. The molecule has 0 bridgehead atoms. The zero-order chi connectivity index (χ0) is 13.9. The lowest BCUT2D eigenvalue weighted by atomic mass is 10.3. The van der Waals surface area contributed by atoms with Crippen LogP contribution in [0.1, 0.15) is 22.6 Å². The molecule has 0 saturated heterocycles. The monoisotopic (exact) mass is 290 g/mol. The molecular weight excluding hydrogens is 271 g/mol. The average molecular weight is 290 g/mol. The molecule has 1 aromatic carbocycles. The predicted octanol–water partition coefficient (Wildman–Crippen LogP) is 3.78. The van der Waals surface area contributed by atoms with E-state index >= 15 is 0 Å². The van der Waals surface area contributed by atoms with E-state index in [1.165, 1.54) is 34.7 Å². The Labute approximate surface area is 123 Å². The molecule has 1 N–H and O–H groups in total. The van der Waals surface area contributed by atoms with Gasteiger partial charge in [-0.2, -0.15) is 0 Å². The summed E-state index contributed by atoms with van der Waals surface area (Å²) in [5.74, 6) is -0.188. The molecule has 3 rings (SSSR count). The lowest BCUT2D eigenvalue weighted by molar-refractivity contribution is 0.627. The molecule has 0 spiro atoms. The van der Waals surface area contributed by atoms with Gasteiger partial charge in [0.05, 0.1) is 6.54 Å². The highest BCUT2D eigenvalue weighted by Gasteiger charge is 2.20. The van der Waals surface area contributed by atoms with Gasteiger partial charge in [-0.1, -0.05) is 0 Å². The fourth-order valence-corrected chi connectivity index (χ4v) is 3.18. The highest BCUT2D eigenvalue weighted by Crippen LogP contribution is 2.23. The van der Waals surface area contributed by atoms with Crippen molar-refractivity contribution in [2.24, 2.45) is 0 Å². The molecule has 0 atom stereocenters. The first-order chi connectivity index (χ1) is 9.70. The van der Waals surface area contributed by atoms with Gasteiger partial charge in [0.2, 0.25) is 0 Å². The van der Waals surface area contributed by atoms with Crippen molar-refractivity contribution in [3.8, 4) is 0 Å². The van der Waals surface area contributed by atoms with E-state index < -0.39 is 0 Å². The second-order valence-corrected chi connectivity index (χ2v) is 6.61. The number of nitrogens with one attached hydrogen (secondary N) is 1. The number of halogens is 1. The van der Waals surface area contributed by atoms with Gasteiger partial charge in [0, 0.05) is 35.1 Å². The molecule has 4 heteroatoms. The molecule has 106 valence electrons. The minimum Gasteiger partial charge on any atom is -0.369 e. The summed E-state index contributed by atoms with van der Waals surface area (Å²) < 4.78 is 12.9. The zero-order valence-corrected chi connectivity index (χ0v) is 12.4. The van der Waals surface area contributed by atoms with Crippen LogP contribution in [0, 0.1) is 5.82 Å². The van der Waals surface area contributed by atoms with E-state index in [-0.39, 0.29) is 5.82 Å². The third kappa shape index (κ3) is 3.58. The molecule has 2 nitrogen and oxygen atoms in total. The standard InChI is InChI=1S/C16H19FN2S/c1-19(14-6-2-12(17)3-7-14)11-16-9-8-15(20-16)10-18-13-4-5-13/h2-3,6-9,13,18H,4-5,10-11H2,1H3. The highest BCUT2D eigenvalue weighted by atomic mass is 32.1. The van der Waals surface area contributed by atoms with Crippen molar-refractivity contribution in [3.05, 3.63) is 52.0 Å². The van der Waals surface area contributed by atoms with Crippen molar-refractivity contribution in [3.63, 3.8) is 0 Å². The van der Waals surface area contributed by atoms with Gasteiger partial charge in [-0.05, 0) is 49.2 Å². The van der Waals surface area contributed by atoms with Gasteiger partial charge in [-0.3, -0.25) is 0 Å². The molecule has 20 heavy (non-hydrogen) atoms. The van der Waals surface area contributed by atoms with E-state index in [1.807, 2.05) is 30.5 Å². The molecule has 0 aliphatic heterocycles. The molecule has 0 radical (unpaired) electrons. The van der Waals surface area contributed by atoms with Crippen molar-refractivity contribution in [1.29, 1.82) is 0 Å². The Bertz CT molecular complexity index is 560. The van der Waals surface area contributed by atoms with Gasteiger partial charge in [0.1, 0.15) is 5.82 Å². The summed E-state index contributed by atoms with van der Waals surface area (Å²) in [6, 6.07) is 11.8. The Morgan fingerprint density at radius 3 is 2.55 bits per heavy atom. The second kappa shape index (κ2) is 5.94. The van der Waals surface area contributed by atoms with E-state index in [0.29, 0.717) is 0 Å². The number of hydrogen-bond donors (Lipinski definition) is 1. The fraction of sp³-hybridized carbons (Fsp3) is 0.375. The van der Waals surface area contributed by atoms with E-state index in [2.05, 4.69) is 22.3 Å². The van der Waals surface area contributed by atoms with Crippen LogP contribution in [0.3, 0.4) is 0 Å². The van der Waals surface area contributed by atoms with Crippen LogP contribution >= 0.6 is 11.3 Å². The van der Waals surface area contributed by atoms with Crippen molar-refractivity contribution in [1.82, 2.24) is 5.32 Å². The van der Waals surface area contributed by atoms with Crippen LogP contribution in [0.15, 0.2) is 36.4 Å². The Hall–Kier alpha value is -1.39. The third-order valence-electron chi connectivity index (χ3n) is 3.52. The van der Waals surface area contributed by atoms with Crippen molar-refractivity contribution in [2.45, 2.75) is 32.0 Å². The topological polar surface area (TPSA) is 15.3 Å². The first-order valence-electron chi connectivity index (χ1n) is 6.98. The largest absolute Gasteiger partial charge is 0.369 e. The number of rotatable bonds is 6. The van der Waals surface area contributed by atoms with E-state index in [9.17, 15) is 4.39 Å². The number of hydrogen-bond acceptors (Lipinski definition) is 3. The maximum Gasteiger partial charge on any atom is 0.123 e. The summed E-state index contributed by atoms with van der Waals surface area (Å²) in [6.07, 6.45) is 2.65. The number of anilines is 1. The number of thiophene rings is 1. The third-order valence-corrected chi connectivity index (χ3v) is 4.59. The summed E-state index contributed by atoms with van der Waals surface area (Å²) in [5, 5.41) is 3.53. The molecule has 0 amide bonds. The summed E-state index contributed by atoms with van der Waals surface area (Å²) in [5.41, 5.74) is 1.04. The highest BCUT2D eigenvalue weighted by molar-refractivity contribution is 7.12. The summed E-state index contributed by atoms with van der Waals surface area (Å²) in [4.78, 5) is 4.87. The fourth-order valence-electron chi connectivity index (χ4n) is 2.16. The maximum atomic E-state index is 12.9. The van der Waals surface area contributed by atoms with Crippen LogP contribution in [-0.4, -0.2) is 13.1 Å². The van der Waals surface area contributed by atoms with Crippen LogP contribution in [0.2, 0.25) is 0 Å². The lowest BCUT2D eigenvalue weighted by Gasteiger charge is -2.18. The Morgan fingerprint density at radius 1 is 1.15 bits per heavy atom. The van der Waals surface area contributed by atoms with Gasteiger partial charge in [0.25, 0.3) is 0 Å². The quantitative estimate of drug-likeness (QED) is 0.871. The van der Waals surface area contributed by atoms with Crippen LogP contribution in [0.25, 0.3) is 0 Å². The molecule has 1 aliphatic rings. The second-order valence-electron chi connectivity index (χ2n) is 5.36. The molecule has 1 fully saturated rings. The Morgan fingerprint density at radius 2 is 1.85 bits per heavy atom. The predicted molar refractivity (Wildman–Crippen MR) is 82.7 cm³/mol. The number of benzene rings is 1. The van der Waals surface area contributed by atoms with Gasteiger partial charge in [0.15, 0.2) is 0 Å². The van der Waals surface area contributed by atoms with E-state index in [4.69, 9.17) is 0 Å². The van der Waals surface area contributed by atoms with Gasteiger partial charge >= 0.3 is 0 Å². The summed E-state index contributed by atoms with van der Waals surface area (Å²) >= 11 is 1.85. The van der Waals surface area contributed by atoms with Gasteiger partial charge in [-0.25, -0.2) is 4.39 Å². The molecule has 1 saturated carbocycles. The number of nitrogens with zero attached hydrogens (tertiary/aromatic N) is 1. The van der Waals surface area contributed by atoms with Crippen molar-refractivity contribution >= 4 is 17.0 Å². The average Bonchev–Trinajstić information content (AvgIpc) is 3.17. The molecular formula is C16H19FN2S. The minimum atomic E-state index is -0.188. The normalized spacial score (nSPS) is 14.5. The Balaban J connectivity index is 1.57. The van der Waals surface area contributed by atoms with Crippen molar-refractivity contribution < 1.29 is 4.39 Å². The first kappa shape index (κ1) is 13.6. The lowest BCUT2D eigenvalue weighted by Crippen LogP contribution is -2.15. The van der Waals surface area contributed by atoms with E-state index in [1.54, 1.807) is 0 Å². The van der Waals surface area contributed by atoms with Crippen LogP contribution in [0.4, 0.5) is 10.1 Å². The first-order valence-corrected chi connectivity index (χ1v) is 7.80. The molecule has 1 heterocycles.